The van der Waals surface area contributed by atoms with Gasteiger partial charge in [-0.1, -0.05) is 0 Å². The van der Waals surface area contributed by atoms with Gasteiger partial charge in [-0.25, -0.2) is 0 Å². The van der Waals surface area contributed by atoms with E-state index in [4.69, 9.17) is 61.3 Å². The molecule has 0 aromatic rings. The fraction of sp³-hybridized carbons (Fsp3) is 0. The Morgan fingerprint density at radius 1 is 0.348 bits per heavy atom. The molecule has 23 heteroatoms. The summed E-state index contributed by atoms with van der Waals surface area (Å²) in [6.45, 7) is 0. The molecule has 0 bridgehead atoms. The Labute approximate surface area is 144 Å². The van der Waals surface area contributed by atoms with Crippen molar-refractivity contribution in [1.29, 1.82) is 0 Å². The third-order valence-corrected chi connectivity index (χ3v) is 0. The van der Waals surface area contributed by atoms with E-state index in [0.717, 1.165) is 0 Å². The summed E-state index contributed by atoms with van der Waals surface area (Å²) in [6, 6.07) is 0. The van der Waals surface area contributed by atoms with Crippen LogP contribution in [0.4, 0.5) is 0 Å². The Bertz CT molecular complexity index is 165. The van der Waals surface area contributed by atoms with Gasteiger partial charge in [-0.2, -0.15) is 0 Å². The summed E-state index contributed by atoms with van der Waals surface area (Å²) in [7, 11) is 0. The SMILES string of the molecule is O.O.O.O.O.O=[N+]([O-])[O-].O=[N+]([O-])[O-].O=[N+]([O-])[O-].O=[N+]([O-])[O-].[Cu+2].[Cu+2]. The quantitative estimate of drug-likeness (QED) is 0.184. The maximum absolute atomic E-state index is 8.25. The summed E-state index contributed by atoms with van der Waals surface area (Å²) in [6.07, 6.45) is 0. The largest absolute Gasteiger partial charge is 2.00 e. The molecule has 0 aliphatic heterocycles. The molecule has 23 heavy (non-hydrogen) atoms. The van der Waals surface area contributed by atoms with E-state index in [9.17, 15) is 0 Å². The number of nitrogens with zero attached hydrogens (tertiary/aromatic N) is 4. The summed E-state index contributed by atoms with van der Waals surface area (Å²) in [5.74, 6) is 0. The first-order chi connectivity index (χ1) is 6.93. The van der Waals surface area contributed by atoms with Gasteiger partial charge in [-0.05, 0) is 0 Å². The fourth-order valence-electron chi connectivity index (χ4n) is 0. The first kappa shape index (κ1) is 85.7. The van der Waals surface area contributed by atoms with Crippen LogP contribution in [0.1, 0.15) is 0 Å². The van der Waals surface area contributed by atoms with Gasteiger partial charge >= 0.3 is 34.1 Å². The van der Waals surface area contributed by atoms with E-state index in [0.29, 0.717) is 0 Å². The Morgan fingerprint density at radius 2 is 0.348 bits per heavy atom. The molecule has 0 atom stereocenters. The van der Waals surface area contributed by atoms with E-state index in [1.54, 1.807) is 0 Å². The molecule has 0 amide bonds. The molecule has 10 N–H and O–H groups in total. The van der Waals surface area contributed by atoms with E-state index < -0.39 is 20.3 Å². The zero-order valence-electron chi connectivity index (χ0n) is 9.79. The van der Waals surface area contributed by atoms with Crippen molar-refractivity contribution in [2.75, 3.05) is 0 Å². The van der Waals surface area contributed by atoms with Crippen molar-refractivity contribution in [3.63, 3.8) is 0 Å². The normalized spacial score (nSPS) is 4.17. The Kier molecular flexibility index (Phi) is 274. The van der Waals surface area contributed by atoms with Crippen molar-refractivity contribution in [3.8, 4) is 0 Å². The van der Waals surface area contributed by atoms with Gasteiger partial charge < -0.3 is 88.7 Å². The van der Waals surface area contributed by atoms with Crippen LogP contribution in [0.25, 0.3) is 0 Å². The third-order valence-electron chi connectivity index (χ3n) is 0. The van der Waals surface area contributed by atoms with E-state index in [1.165, 1.54) is 0 Å². The zero-order chi connectivity index (χ0) is 14.3. The molecule has 0 aliphatic carbocycles. The summed E-state index contributed by atoms with van der Waals surface area (Å²) >= 11 is 0. The van der Waals surface area contributed by atoms with Gasteiger partial charge in [0.2, 0.25) is 0 Å². The molecule has 0 aliphatic rings. The van der Waals surface area contributed by atoms with Crippen LogP contribution < -0.4 is 0 Å². The Balaban J connectivity index is -0.00000000842. The second kappa shape index (κ2) is 73.4. The van der Waals surface area contributed by atoms with Gasteiger partial charge in [0.25, 0.3) is 0 Å². The molecule has 0 heterocycles. The number of rotatable bonds is 0. The minimum atomic E-state index is -1.75. The molecule has 21 nitrogen and oxygen atoms in total. The first-order valence-corrected chi connectivity index (χ1v) is 2.19. The van der Waals surface area contributed by atoms with Crippen molar-refractivity contribution in [1.82, 2.24) is 0 Å². The van der Waals surface area contributed by atoms with Crippen molar-refractivity contribution in [3.05, 3.63) is 61.3 Å². The van der Waals surface area contributed by atoms with Gasteiger partial charge in [-0.15, -0.1) is 0 Å². The van der Waals surface area contributed by atoms with Crippen LogP contribution in [-0.2, 0) is 34.1 Å². The van der Waals surface area contributed by atoms with Crippen molar-refractivity contribution in [2.24, 2.45) is 0 Å². The van der Waals surface area contributed by atoms with Crippen molar-refractivity contribution < 1.29 is 81.9 Å². The molecular formula is H10Cu2N4O17. The molecule has 0 spiro atoms. The van der Waals surface area contributed by atoms with Crippen molar-refractivity contribution >= 4 is 0 Å². The van der Waals surface area contributed by atoms with Gasteiger partial charge in [0.05, 0.1) is 20.3 Å². The summed E-state index contributed by atoms with van der Waals surface area (Å²) in [4.78, 5) is 33.0. The smallest absolute Gasteiger partial charge is 0.412 e. The summed E-state index contributed by atoms with van der Waals surface area (Å²) in [5, 5.41) is 59.0. The molecule has 0 rings (SSSR count). The predicted molar refractivity (Wildman–Crippen MR) is 59.5 cm³/mol. The molecule has 2 radical (unpaired) electrons. The van der Waals surface area contributed by atoms with Gasteiger partial charge in [0.15, 0.2) is 0 Å². The molecule has 0 saturated carbocycles. The first-order valence-electron chi connectivity index (χ1n) is 2.19. The second-order valence-corrected chi connectivity index (χ2v) is 0.894. The van der Waals surface area contributed by atoms with Crippen molar-refractivity contribution in [2.45, 2.75) is 0 Å². The van der Waals surface area contributed by atoms with E-state index in [-0.39, 0.29) is 61.5 Å². The van der Waals surface area contributed by atoms with E-state index in [1.807, 2.05) is 0 Å². The Hall–Kier alpha value is -2.36. The van der Waals surface area contributed by atoms with Gasteiger partial charge in [0.1, 0.15) is 0 Å². The molecule has 0 fully saturated rings. The molecule has 0 saturated heterocycles. The number of hydrogen-bond acceptors (Lipinski definition) is 12. The van der Waals surface area contributed by atoms with Crippen LogP contribution in [0, 0.1) is 61.3 Å². The maximum atomic E-state index is 8.25. The molecule has 154 valence electrons. The average molecular weight is 465 g/mol. The molecule has 0 aromatic carbocycles. The molecule has 0 unspecified atom stereocenters. The van der Waals surface area contributed by atoms with Crippen LogP contribution in [0.15, 0.2) is 0 Å². The third kappa shape index (κ3) is 1100. The van der Waals surface area contributed by atoms with Crippen LogP contribution >= 0.6 is 0 Å². The van der Waals surface area contributed by atoms with E-state index in [2.05, 4.69) is 0 Å². The summed E-state index contributed by atoms with van der Waals surface area (Å²) < 4.78 is 0. The minimum absolute atomic E-state index is 0. The number of hydrogen-bond donors (Lipinski definition) is 0. The standard InChI is InChI=1S/2Cu.4NO3.5H2O/c;;4*2-1(3)4;;;;;/h;;;;;;5*1H2/q2*+2;4*-1;;;;;. The van der Waals surface area contributed by atoms with Crippen LogP contribution in [0.2, 0.25) is 0 Å². The summed E-state index contributed by atoms with van der Waals surface area (Å²) in [5.41, 5.74) is 0. The zero-order valence-corrected chi connectivity index (χ0v) is 11.7. The van der Waals surface area contributed by atoms with Gasteiger partial charge in [-0.3, -0.25) is 0 Å². The van der Waals surface area contributed by atoms with Crippen LogP contribution in [-0.4, -0.2) is 47.7 Å². The molecular weight excluding hydrogens is 455 g/mol. The van der Waals surface area contributed by atoms with Crippen LogP contribution in [0.5, 0.6) is 0 Å². The minimum Gasteiger partial charge on any atom is -0.412 e. The Morgan fingerprint density at radius 3 is 0.348 bits per heavy atom. The monoisotopic (exact) mass is 464 g/mol. The average Bonchev–Trinajstić information content (AvgIpc) is 1.76. The fourth-order valence-corrected chi connectivity index (χ4v) is 0. The van der Waals surface area contributed by atoms with Crippen LogP contribution in [0.3, 0.4) is 0 Å². The second-order valence-electron chi connectivity index (χ2n) is 0.894. The topological polar surface area (TPSA) is 422 Å². The van der Waals surface area contributed by atoms with E-state index >= 15 is 0 Å². The predicted octanol–water partition coefficient (Wildman–Crippen LogP) is -5.08. The molecule has 0 aromatic heterocycles. The van der Waals surface area contributed by atoms with Gasteiger partial charge in [0, 0.05) is 0 Å². The maximum Gasteiger partial charge on any atom is 2.00 e.